The second kappa shape index (κ2) is 8.68. The first-order chi connectivity index (χ1) is 13.8. The number of ether oxygens (including phenoxy) is 1. The molecule has 0 radical (unpaired) electrons. The third kappa shape index (κ3) is 4.01. The predicted molar refractivity (Wildman–Crippen MR) is 114 cm³/mol. The van der Waals surface area contributed by atoms with Crippen molar-refractivity contribution in [1.82, 2.24) is 14.3 Å². The van der Waals surface area contributed by atoms with Crippen LogP contribution >= 0.6 is 22.7 Å². The maximum absolute atomic E-state index is 12.8. The summed E-state index contributed by atoms with van der Waals surface area (Å²) in [5.41, 5.74) is 3.25. The number of carbonyl (C=O) groups is 1. The Morgan fingerprint density at radius 2 is 2.00 bits per heavy atom. The van der Waals surface area contributed by atoms with Crippen molar-refractivity contribution in [2.24, 2.45) is 0 Å². The highest BCUT2D eigenvalue weighted by Gasteiger charge is 2.17. The Balaban J connectivity index is 1.51. The molecule has 0 saturated carbocycles. The molecule has 0 spiro atoms. The molecule has 4 rings (SSSR count). The summed E-state index contributed by atoms with van der Waals surface area (Å²) >= 11 is 3.11. The summed E-state index contributed by atoms with van der Waals surface area (Å²) in [5.74, 6) is 0.0640. The standard InChI is InChI=1S/C21H21N3O2S2/c1-26-12-11-23(20(25)19-8-5-13-27-19)10-9-17-15-28-21-22-18(14-24(17)21)16-6-3-2-4-7-16/h2-8,13-15H,9-12H2,1H3. The fourth-order valence-corrected chi connectivity index (χ4v) is 4.68. The summed E-state index contributed by atoms with van der Waals surface area (Å²) in [7, 11) is 1.66. The SMILES string of the molecule is COCCN(CCc1csc2nc(-c3ccccc3)cn12)C(=O)c1cccs1. The van der Waals surface area contributed by atoms with Crippen LogP contribution in [0.4, 0.5) is 0 Å². The molecule has 0 aliphatic heterocycles. The van der Waals surface area contributed by atoms with Crippen molar-refractivity contribution in [3.05, 3.63) is 70.0 Å². The number of carbonyl (C=O) groups excluding carboxylic acids is 1. The Kier molecular flexibility index (Phi) is 5.85. The van der Waals surface area contributed by atoms with E-state index in [9.17, 15) is 4.79 Å². The van der Waals surface area contributed by atoms with Gasteiger partial charge in [-0.25, -0.2) is 4.98 Å². The van der Waals surface area contributed by atoms with Gasteiger partial charge in [-0.3, -0.25) is 9.20 Å². The lowest BCUT2D eigenvalue weighted by Gasteiger charge is -2.21. The number of thiophene rings is 1. The first-order valence-electron chi connectivity index (χ1n) is 9.09. The van der Waals surface area contributed by atoms with E-state index in [0.717, 1.165) is 33.2 Å². The number of methoxy groups -OCH3 is 1. The summed E-state index contributed by atoms with van der Waals surface area (Å²) in [6, 6.07) is 14.0. The molecule has 0 saturated heterocycles. The maximum Gasteiger partial charge on any atom is 0.264 e. The molecule has 7 heteroatoms. The minimum absolute atomic E-state index is 0.0640. The van der Waals surface area contributed by atoms with E-state index in [4.69, 9.17) is 9.72 Å². The highest BCUT2D eigenvalue weighted by Crippen LogP contribution is 2.24. The Morgan fingerprint density at radius 1 is 1.14 bits per heavy atom. The molecule has 3 aromatic heterocycles. The van der Waals surface area contributed by atoms with Gasteiger partial charge in [-0.2, -0.15) is 0 Å². The van der Waals surface area contributed by atoms with E-state index in [2.05, 4.69) is 28.1 Å². The average Bonchev–Trinajstić information content (AvgIpc) is 3.46. The van der Waals surface area contributed by atoms with Gasteiger partial charge in [0.1, 0.15) is 0 Å². The number of benzene rings is 1. The van der Waals surface area contributed by atoms with E-state index in [-0.39, 0.29) is 5.91 Å². The van der Waals surface area contributed by atoms with Gasteiger partial charge in [0.25, 0.3) is 5.91 Å². The molecule has 0 bridgehead atoms. The molecule has 0 fully saturated rings. The van der Waals surface area contributed by atoms with Gasteiger partial charge < -0.3 is 9.64 Å². The summed E-state index contributed by atoms with van der Waals surface area (Å²) in [5, 5.41) is 4.06. The number of imidazole rings is 1. The number of hydrogen-bond donors (Lipinski definition) is 0. The van der Waals surface area contributed by atoms with Crippen molar-refractivity contribution in [2.45, 2.75) is 6.42 Å². The van der Waals surface area contributed by atoms with Crippen molar-refractivity contribution >= 4 is 33.5 Å². The smallest absolute Gasteiger partial charge is 0.264 e. The van der Waals surface area contributed by atoms with Crippen LogP contribution in [-0.2, 0) is 11.2 Å². The summed E-state index contributed by atoms with van der Waals surface area (Å²) < 4.78 is 7.33. The minimum Gasteiger partial charge on any atom is -0.383 e. The highest BCUT2D eigenvalue weighted by atomic mass is 32.1. The number of hydrogen-bond acceptors (Lipinski definition) is 5. The molecule has 28 heavy (non-hydrogen) atoms. The van der Waals surface area contributed by atoms with Crippen LogP contribution in [0.2, 0.25) is 0 Å². The minimum atomic E-state index is 0.0640. The van der Waals surface area contributed by atoms with Crippen LogP contribution in [-0.4, -0.2) is 47.0 Å². The van der Waals surface area contributed by atoms with Crippen molar-refractivity contribution in [1.29, 1.82) is 0 Å². The van der Waals surface area contributed by atoms with Gasteiger partial charge in [0.15, 0.2) is 4.96 Å². The van der Waals surface area contributed by atoms with E-state index < -0.39 is 0 Å². The molecule has 0 aliphatic rings. The second-order valence-electron chi connectivity index (χ2n) is 6.38. The van der Waals surface area contributed by atoms with Crippen molar-refractivity contribution < 1.29 is 9.53 Å². The number of rotatable bonds is 8. The summed E-state index contributed by atoms with van der Waals surface area (Å²) in [6.07, 6.45) is 2.85. The lowest BCUT2D eigenvalue weighted by Crippen LogP contribution is -2.35. The van der Waals surface area contributed by atoms with Gasteiger partial charge in [-0.15, -0.1) is 22.7 Å². The Hall–Kier alpha value is -2.48. The van der Waals surface area contributed by atoms with Crippen molar-refractivity contribution in [2.75, 3.05) is 26.8 Å². The molecular formula is C21H21N3O2S2. The molecular weight excluding hydrogens is 390 g/mol. The number of aromatic nitrogens is 2. The molecule has 1 amide bonds. The van der Waals surface area contributed by atoms with Crippen molar-refractivity contribution in [3.8, 4) is 11.3 Å². The molecule has 0 N–H and O–H groups in total. The van der Waals surface area contributed by atoms with Crippen LogP contribution in [0.3, 0.4) is 0 Å². The first-order valence-corrected chi connectivity index (χ1v) is 10.8. The molecule has 5 nitrogen and oxygen atoms in total. The lowest BCUT2D eigenvalue weighted by atomic mass is 10.2. The fourth-order valence-electron chi connectivity index (χ4n) is 3.08. The zero-order chi connectivity index (χ0) is 19.3. The number of thiazole rings is 1. The van der Waals surface area contributed by atoms with Gasteiger partial charge in [-0.1, -0.05) is 36.4 Å². The van der Waals surface area contributed by atoms with Crippen LogP contribution in [0, 0.1) is 0 Å². The molecule has 1 aromatic carbocycles. The maximum atomic E-state index is 12.8. The number of nitrogens with zero attached hydrogens (tertiary/aromatic N) is 3. The topological polar surface area (TPSA) is 46.8 Å². The molecule has 0 unspecified atom stereocenters. The summed E-state index contributed by atoms with van der Waals surface area (Å²) in [4.78, 5) is 21.1. The van der Waals surface area contributed by atoms with E-state index in [0.29, 0.717) is 19.7 Å². The average molecular weight is 412 g/mol. The molecule has 4 aromatic rings. The third-order valence-corrected chi connectivity index (χ3v) is 6.32. The molecule has 0 aliphatic carbocycles. The third-order valence-electron chi connectivity index (χ3n) is 4.58. The van der Waals surface area contributed by atoms with Crippen LogP contribution < -0.4 is 0 Å². The monoisotopic (exact) mass is 411 g/mol. The van der Waals surface area contributed by atoms with Gasteiger partial charge in [0.2, 0.25) is 0 Å². The zero-order valence-corrected chi connectivity index (χ0v) is 17.2. The molecule has 3 heterocycles. The Bertz CT molecular complexity index is 1040. The van der Waals surface area contributed by atoms with Crippen molar-refractivity contribution in [3.63, 3.8) is 0 Å². The molecule has 0 atom stereocenters. The Morgan fingerprint density at radius 3 is 2.75 bits per heavy atom. The van der Waals surface area contributed by atoms with E-state index in [1.807, 2.05) is 40.6 Å². The first kappa shape index (κ1) is 18.9. The fraction of sp³-hybridized carbons (Fsp3) is 0.238. The quantitative estimate of drug-likeness (QED) is 0.430. The largest absolute Gasteiger partial charge is 0.383 e. The number of amides is 1. The van der Waals surface area contributed by atoms with Crippen LogP contribution in [0.15, 0.2) is 59.4 Å². The number of fused-ring (bicyclic) bond motifs is 1. The van der Waals surface area contributed by atoms with E-state index in [1.54, 1.807) is 18.4 Å². The van der Waals surface area contributed by atoms with Gasteiger partial charge in [-0.05, 0) is 11.4 Å². The zero-order valence-electron chi connectivity index (χ0n) is 15.6. The molecule has 144 valence electrons. The van der Waals surface area contributed by atoms with Gasteiger partial charge in [0, 0.05) is 49.5 Å². The van der Waals surface area contributed by atoms with E-state index in [1.165, 1.54) is 11.3 Å². The van der Waals surface area contributed by atoms with Gasteiger partial charge in [0.05, 0.1) is 17.2 Å². The predicted octanol–water partition coefficient (Wildman–Crippen LogP) is 4.46. The van der Waals surface area contributed by atoms with E-state index >= 15 is 0 Å². The van der Waals surface area contributed by atoms with Crippen LogP contribution in [0.5, 0.6) is 0 Å². The second-order valence-corrected chi connectivity index (χ2v) is 8.17. The lowest BCUT2D eigenvalue weighted by molar-refractivity contribution is 0.0702. The highest BCUT2D eigenvalue weighted by molar-refractivity contribution is 7.15. The normalized spacial score (nSPS) is 11.2. The van der Waals surface area contributed by atoms with Gasteiger partial charge >= 0.3 is 0 Å². The Labute approximate surface area is 171 Å². The van der Waals surface area contributed by atoms with Crippen LogP contribution in [0.1, 0.15) is 15.4 Å². The summed E-state index contributed by atoms with van der Waals surface area (Å²) in [6.45, 7) is 1.75. The van der Waals surface area contributed by atoms with Crippen LogP contribution in [0.25, 0.3) is 16.2 Å².